The molecule has 0 aliphatic rings. The van der Waals surface area contributed by atoms with Gasteiger partial charge in [-0.2, -0.15) is 0 Å². The predicted molar refractivity (Wildman–Crippen MR) is 60.5 cm³/mol. The summed E-state index contributed by atoms with van der Waals surface area (Å²) in [6, 6.07) is 3.17. The van der Waals surface area contributed by atoms with E-state index >= 15 is 0 Å². The Labute approximate surface area is 98.1 Å². The summed E-state index contributed by atoms with van der Waals surface area (Å²) in [4.78, 5) is 22.3. The quantitative estimate of drug-likeness (QED) is 0.557. The Kier molecular flexibility index (Phi) is 3.92. The summed E-state index contributed by atoms with van der Waals surface area (Å²) in [5, 5.41) is 21.1. The van der Waals surface area contributed by atoms with E-state index in [-0.39, 0.29) is 23.5 Å². The van der Waals surface area contributed by atoms with Gasteiger partial charge >= 0.3 is 0 Å². The largest absolute Gasteiger partial charge is 0.508 e. The molecule has 0 bridgehead atoms. The number of phenols is 2. The van der Waals surface area contributed by atoms with Crippen LogP contribution in [0.3, 0.4) is 0 Å². The zero-order valence-corrected chi connectivity index (χ0v) is 9.30. The Morgan fingerprint density at radius 1 is 1.41 bits per heavy atom. The number of amides is 2. The van der Waals surface area contributed by atoms with Gasteiger partial charge in [0.05, 0.1) is 5.56 Å². The third kappa shape index (κ3) is 3.67. The minimum Gasteiger partial charge on any atom is -0.508 e. The van der Waals surface area contributed by atoms with Crippen LogP contribution in [-0.4, -0.2) is 28.1 Å². The highest BCUT2D eigenvalue weighted by Crippen LogP contribution is 2.21. The van der Waals surface area contributed by atoms with Gasteiger partial charge in [0.25, 0.3) is 5.91 Å². The molecule has 1 atom stereocenters. The maximum Gasteiger partial charge on any atom is 0.255 e. The predicted octanol–water partition coefficient (Wildman–Crippen LogP) is 0.0915. The van der Waals surface area contributed by atoms with E-state index in [0.717, 1.165) is 6.07 Å². The normalized spacial score (nSPS) is 11.8. The molecule has 92 valence electrons. The molecule has 6 nitrogen and oxygen atoms in total. The number of hydrogen-bond acceptors (Lipinski definition) is 4. The maximum atomic E-state index is 11.7. The first-order chi connectivity index (χ1) is 7.90. The van der Waals surface area contributed by atoms with E-state index in [2.05, 4.69) is 5.32 Å². The number of nitrogens with one attached hydrogen (secondary N) is 1. The summed E-state index contributed by atoms with van der Waals surface area (Å²) in [7, 11) is 0. The molecule has 1 aromatic carbocycles. The van der Waals surface area contributed by atoms with Crippen LogP contribution in [0.4, 0.5) is 0 Å². The van der Waals surface area contributed by atoms with Gasteiger partial charge in [-0.15, -0.1) is 0 Å². The average molecular weight is 238 g/mol. The van der Waals surface area contributed by atoms with Gasteiger partial charge < -0.3 is 21.3 Å². The molecule has 0 aliphatic heterocycles. The number of benzene rings is 1. The zero-order valence-electron chi connectivity index (χ0n) is 9.30. The minimum atomic E-state index is -0.577. The Hall–Kier alpha value is -2.24. The molecule has 5 N–H and O–H groups in total. The second-order valence-electron chi connectivity index (χ2n) is 3.75. The van der Waals surface area contributed by atoms with E-state index in [0.29, 0.717) is 0 Å². The van der Waals surface area contributed by atoms with Crippen LogP contribution >= 0.6 is 0 Å². The van der Waals surface area contributed by atoms with Crippen LogP contribution in [0, 0.1) is 0 Å². The Morgan fingerprint density at radius 3 is 2.65 bits per heavy atom. The van der Waals surface area contributed by atoms with E-state index in [1.54, 1.807) is 6.92 Å². The molecule has 0 heterocycles. The lowest BCUT2D eigenvalue weighted by molar-refractivity contribution is -0.118. The smallest absolute Gasteiger partial charge is 0.255 e. The molecule has 0 spiro atoms. The Morgan fingerprint density at radius 2 is 2.06 bits per heavy atom. The lowest BCUT2D eigenvalue weighted by Crippen LogP contribution is -2.35. The first kappa shape index (κ1) is 12.8. The highest BCUT2D eigenvalue weighted by Gasteiger charge is 2.15. The number of phenolic OH excluding ortho intramolecular Hbond substituents is 2. The lowest BCUT2D eigenvalue weighted by atomic mass is 10.1. The van der Waals surface area contributed by atoms with Crippen LogP contribution in [0.25, 0.3) is 0 Å². The number of carbonyl (C=O) groups is 2. The molecule has 6 heteroatoms. The fourth-order valence-corrected chi connectivity index (χ4v) is 1.36. The molecule has 1 aromatic rings. The van der Waals surface area contributed by atoms with Crippen LogP contribution in [0.15, 0.2) is 18.2 Å². The van der Waals surface area contributed by atoms with Crippen molar-refractivity contribution in [2.75, 3.05) is 0 Å². The molecule has 0 radical (unpaired) electrons. The van der Waals surface area contributed by atoms with Gasteiger partial charge in [0.15, 0.2) is 0 Å². The Balaban J connectivity index is 2.76. The van der Waals surface area contributed by atoms with E-state index in [4.69, 9.17) is 5.73 Å². The van der Waals surface area contributed by atoms with Gasteiger partial charge in [0.1, 0.15) is 11.5 Å². The van der Waals surface area contributed by atoms with Crippen molar-refractivity contribution in [3.05, 3.63) is 23.8 Å². The van der Waals surface area contributed by atoms with Crippen LogP contribution in [0.5, 0.6) is 11.5 Å². The van der Waals surface area contributed by atoms with Crippen molar-refractivity contribution < 1.29 is 19.8 Å². The standard InChI is InChI=1S/C11H14N2O4/c1-6(4-10(12)16)13-11(17)8-5-7(14)2-3-9(8)15/h2-3,5-6,14-15H,4H2,1H3,(H2,12,16)(H,13,17). The molecule has 0 fully saturated rings. The van der Waals surface area contributed by atoms with Gasteiger partial charge in [-0.1, -0.05) is 0 Å². The minimum absolute atomic E-state index is 0.00528. The topological polar surface area (TPSA) is 113 Å². The van der Waals surface area contributed by atoms with Crippen LogP contribution < -0.4 is 11.1 Å². The summed E-state index contributed by atoms with van der Waals surface area (Å²) < 4.78 is 0. The molecular weight excluding hydrogens is 224 g/mol. The first-order valence-electron chi connectivity index (χ1n) is 5.01. The molecule has 2 amide bonds. The van der Waals surface area contributed by atoms with Gasteiger partial charge in [-0.3, -0.25) is 9.59 Å². The summed E-state index contributed by atoms with van der Waals surface area (Å²) >= 11 is 0. The van der Waals surface area contributed by atoms with Crippen LogP contribution in [0.1, 0.15) is 23.7 Å². The van der Waals surface area contributed by atoms with Gasteiger partial charge in [0.2, 0.25) is 5.91 Å². The van der Waals surface area contributed by atoms with E-state index in [9.17, 15) is 19.8 Å². The third-order valence-electron chi connectivity index (χ3n) is 2.11. The van der Waals surface area contributed by atoms with Crippen molar-refractivity contribution >= 4 is 11.8 Å². The molecule has 0 aliphatic carbocycles. The molecule has 0 saturated carbocycles. The van der Waals surface area contributed by atoms with Gasteiger partial charge in [-0.25, -0.2) is 0 Å². The van der Waals surface area contributed by atoms with Crippen molar-refractivity contribution in [2.45, 2.75) is 19.4 Å². The summed E-state index contributed by atoms with van der Waals surface area (Å²) in [5.41, 5.74) is 4.93. The Bertz CT molecular complexity index is 445. The molecule has 0 aromatic heterocycles. The second kappa shape index (κ2) is 5.20. The van der Waals surface area contributed by atoms with Crippen molar-refractivity contribution in [1.82, 2.24) is 5.32 Å². The molecular formula is C11H14N2O4. The number of nitrogens with two attached hydrogens (primary N) is 1. The maximum absolute atomic E-state index is 11.7. The summed E-state index contributed by atoms with van der Waals surface area (Å²) in [5.74, 6) is -1.48. The molecule has 17 heavy (non-hydrogen) atoms. The fourth-order valence-electron chi connectivity index (χ4n) is 1.36. The van der Waals surface area contributed by atoms with Crippen molar-refractivity contribution in [3.63, 3.8) is 0 Å². The first-order valence-corrected chi connectivity index (χ1v) is 5.01. The van der Waals surface area contributed by atoms with Crippen LogP contribution in [0.2, 0.25) is 0 Å². The average Bonchev–Trinajstić information content (AvgIpc) is 2.20. The van der Waals surface area contributed by atoms with Crippen molar-refractivity contribution in [1.29, 1.82) is 0 Å². The van der Waals surface area contributed by atoms with E-state index < -0.39 is 17.9 Å². The van der Waals surface area contributed by atoms with Crippen LogP contribution in [-0.2, 0) is 4.79 Å². The molecule has 1 unspecified atom stereocenters. The number of primary amides is 1. The lowest BCUT2D eigenvalue weighted by Gasteiger charge is -2.12. The summed E-state index contributed by atoms with van der Waals surface area (Å²) in [6.45, 7) is 1.61. The molecule has 0 saturated heterocycles. The number of carbonyl (C=O) groups excluding carboxylic acids is 2. The number of aromatic hydroxyl groups is 2. The van der Waals surface area contributed by atoms with Crippen molar-refractivity contribution in [2.24, 2.45) is 5.73 Å². The van der Waals surface area contributed by atoms with E-state index in [1.165, 1.54) is 12.1 Å². The third-order valence-corrected chi connectivity index (χ3v) is 2.11. The monoisotopic (exact) mass is 238 g/mol. The number of hydrogen-bond donors (Lipinski definition) is 4. The van der Waals surface area contributed by atoms with Gasteiger partial charge in [-0.05, 0) is 25.1 Å². The molecule has 1 rings (SSSR count). The van der Waals surface area contributed by atoms with Gasteiger partial charge in [0, 0.05) is 12.5 Å². The highest BCUT2D eigenvalue weighted by molar-refractivity contribution is 5.97. The highest BCUT2D eigenvalue weighted by atomic mass is 16.3. The summed E-state index contributed by atoms with van der Waals surface area (Å²) in [6.07, 6.45) is 0.00528. The second-order valence-corrected chi connectivity index (χ2v) is 3.75. The zero-order chi connectivity index (χ0) is 13.0. The van der Waals surface area contributed by atoms with E-state index in [1.807, 2.05) is 0 Å². The fraction of sp³-hybridized carbons (Fsp3) is 0.273. The number of rotatable bonds is 4. The SMILES string of the molecule is CC(CC(N)=O)NC(=O)c1cc(O)ccc1O. The van der Waals surface area contributed by atoms with Crippen molar-refractivity contribution in [3.8, 4) is 11.5 Å².